The van der Waals surface area contributed by atoms with Gasteiger partial charge in [-0.3, -0.25) is 4.79 Å². The molecule has 0 aliphatic carbocycles. The number of hydrogen-bond donors (Lipinski definition) is 1. The number of fused-ring (bicyclic) bond motifs is 3. The summed E-state index contributed by atoms with van der Waals surface area (Å²) in [6.07, 6.45) is 2.38. The Balaban J connectivity index is 1.67. The lowest BCUT2D eigenvalue weighted by Gasteiger charge is -2.48. The summed E-state index contributed by atoms with van der Waals surface area (Å²) < 4.78 is 0. The summed E-state index contributed by atoms with van der Waals surface area (Å²) in [4.78, 5) is 20.7. The molecule has 2 atom stereocenters. The van der Waals surface area contributed by atoms with Crippen molar-refractivity contribution in [2.75, 3.05) is 29.4 Å². The van der Waals surface area contributed by atoms with Crippen molar-refractivity contribution < 1.29 is 9.90 Å². The van der Waals surface area contributed by atoms with Crippen LogP contribution >= 0.6 is 0 Å². The third kappa shape index (κ3) is 2.42. The van der Waals surface area contributed by atoms with Crippen molar-refractivity contribution in [3.8, 4) is 0 Å². The van der Waals surface area contributed by atoms with E-state index < -0.39 is 5.97 Å². The topological polar surface area (TPSA) is 56.7 Å². The Bertz CT molecular complexity index is 719. The Morgan fingerprint density at radius 1 is 1.13 bits per heavy atom. The average molecular weight is 309 g/mol. The number of aromatic nitrogens is 1. The lowest BCUT2D eigenvalue weighted by atomic mass is 9.84. The van der Waals surface area contributed by atoms with Gasteiger partial charge in [-0.15, -0.1) is 0 Å². The van der Waals surface area contributed by atoms with E-state index in [0.717, 1.165) is 24.5 Å². The Labute approximate surface area is 135 Å². The second-order valence-electron chi connectivity index (χ2n) is 6.17. The van der Waals surface area contributed by atoms with Crippen molar-refractivity contribution in [2.24, 2.45) is 5.92 Å². The van der Waals surface area contributed by atoms with Gasteiger partial charge in [0.1, 0.15) is 5.82 Å². The van der Waals surface area contributed by atoms with E-state index in [1.165, 1.54) is 5.69 Å². The summed E-state index contributed by atoms with van der Waals surface area (Å²) in [5.41, 5.74) is 2.33. The monoisotopic (exact) mass is 309 g/mol. The highest BCUT2D eigenvalue weighted by atomic mass is 16.4. The highest BCUT2D eigenvalue weighted by Crippen LogP contribution is 2.36. The van der Waals surface area contributed by atoms with Crippen LogP contribution in [0.1, 0.15) is 5.56 Å². The fourth-order valence-corrected chi connectivity index (χ4v) is 3.79. The zero-order chi connectivity index (χ0) is 15.8. The molecule has 2 aromatic rings. The van der Waals surface area contributed by atoms with Gasteiger partial charge in [0.15, 0.2) is 0 Å². The molecule has 2 unspecified atom stereocenters. The number of aliphatic carboxylic acids is 1. The Morgan fingerprint density at radius 3 is 2.74 bits per heavy atom. The zero-order valence-electron chi connectivity index (χ0n) is 12.8. The molecule has 1 fully saturated rings. The molecule has 0 amide bonds. The summed E-state index contributed by atoms with van der Waals surface area (Å²) in [5.74, 6) is -0.163. The van der Waals surface area contributed by atoms with E-state index in [2.05, 4.69) is 20.9 Å². The number of hydrogen-bond acceptors (Lipinski definition) is 4. The predicted molar refractivity (Wildman–Crippen MR) is 88.9 cm³/mol. The number of carbonyl (C=O) groups is 1. The molecule has 1 N–H and O–H groups in total. The molecule has 2 aliphatic heterocycles. The second-order valence-corrected chi connectivity index (χ2v) is 6.17. The number of benzene rings is 1. The molecule has 1 aromatic carbocycles. The first-order valence-corrected chi connectivity index (χ1v) is 7.97. The molecule has 0 radical (unpaired) electrons. The molecule has 4 rings (SSSR count). The van der Waals surface area contributed by atoms with Crippen molar-refractivity contribution in [1.82, 2.24) is 4.98 Å². The SMILES string of the molecule is O=C(O)C1Cc2ccccc2N2CCN(c3ccccn3)CC12. The lowest BCUT2D eigenvalue weighted by molar-refractivity contribution is -0.142. The molecule has 3 heterocycles. The number of piperazine rings is 1. The molecular formula is C18H19N3O2. The van der Waals surface area contributed by atoms with Gasteiger partial charge in [-0.05, 0) is 30.2 Å². The van der Waals surface area contributed by atoms with Crippen molar-refractivity contribution in [1.29, 1.82) is 0 Å². The summed E-state index contributed by atoms with van der Waals surface area (Å²) >= 11 is 0. The van der Waals surface area contributed by atoms with E-state index in [1.54, 1.807) is 6.20 Å². The van der Waals surface area contributed by atoms with E-state index in [4.69, 9.17) is 0 Å². The van der Waals surface area contributed by atoms with Gasteiger partial charge in [0.05, 0.1) is 12.0 Å². The second kappa shape index (κ2) is 5.57. The molecule has 0 bridgehead atoms. The Hall–Kier alpha value is -2.56. The largest absolute Gasteiger partial charge is 0.481 e. The molecule has 0 spiro atoms. The molecular weight excluding hydrogens is 290 g/mol. The van der Waals surface area contributed by atoms with Gasteiger partial charge in [0, 0.05) is 31.5 Å². The number of carboxylic acid groups (broad SMARTS) is 1. The van der Waals surface area contributed by atoms with E-state index in [0.29, 0.717) is 13.0 Å². The molecule has 1 aromatic heterocycles. The fourth-order valence-electron chi connectivity index (χ4n) is 3.79. The average Bonchev–Trinajstić information content (AvgIpc) is 2.61. The van der Waals surface area contributed by atoms with Gasteiger partial charge in [-0.1, -0.05) is 24.3 Å². The first-order chi connectivity index (χ1) is 11.2. The van der Waals surface area contributed by atoms with Crippen LogP contribution < -0.4 is 9.80 Å². The highest BCUT2D eigenvalue weighted by Gasteiger charge is 2.41. The lowest BCUT2D eigenvalue weighted by Crippen LogP contribution is -2.60. The van der Waals surface area contributed by atoms with Crippen LogP contribution in [0.25, 0.3) is 0 Å². The van der Waals surface area contributed by atoms with Gasteiger partial charge < -0.3 is 14.9 Å². The van der Waals surface area contributed by atoms with Crippen molar-refractivity contribution in [3.05, 3.63) is 54.2 Å². The van der Waals surface area contributed by atoms with Gasteiger partial charge in [-0.2, -0.15) is 0 Å². The van der Waals surface area contributed by atoms with Crippen molar-refractivity contribution in [2.45, 2.75) is 12.5 Å². The maximum Gasteiger partial charge on any atom is 0.309 e. The number of rotatable bonds is 2. The van der Waals surface area contributed by atoms with Crippen LogP contribution in [0.3, 0.4) is 0 Å². The quantitative estimate of drug-likeness (QED) is 0.920. The third-order valence-corrected chi connectivity index (χ3v) is 4.91. The van der Waals surface area contributed by atoms with Crippen LogP contribution in [-0.4, -0.2) is 41.7 Å². The van der Waals surface area contributed by atoms with Gasteiger partial charge in [0.2, 0.25) is 0 Å². The standard InChI is InChI=1S/C18H19N3O2/c22-18(23)14-11-13-5-1-2-6-15(13)21-10-9-20(12-16(14)21)17-7-3-4-8-19-17/h1-8,14,16H,9-12H2,(H,22,23). The minimum Gasteiger partial charge on any atom is -0.481 e. The van der Waals surface area contributed by atoms with E-state index in [-0.39, 0.29) is 12.0 Å². The number of para-hydroxylation sites is 1. The van der Waals surface area contributed by atoms with Gasteiger partial charge >= 0.3 is 5.97 Å². The van der Waals surface area contributed by atoms with Crippen LogP contribution in [0.4, 0.5) is 11.5 Å². The maximum atomic E-state index is 11.8. The van der Waals surface area contributed by atoms with E-state index in [1.807, 2.05) is 36.4 Å². The van der Waals surface area contributed by atoms with Gasteiger partial charge in [-0.25, -0.2) is 4.98 Å². The van der Waals surface area contributed by atoms with Crippen LogP contribution in [0.15, 0.2) is 48.7 Å². The number of anilines is 2. The van der Waals surface area contributed by atoms with Crippen molar-refractivity contribution in [3.63, 3.8) is 0 Å². The number of nitrogens with zero attached hydrogens (tertiary/aromatic N) is 3. The molecule has 1 saturated heterocycles. The maximum absolute atomic E-state index is 11.8. The molecule has 2 aliphatic rings. The summed E-state index contributed by atoms with van der Waals surface area (Å²) in [6.45, 7) is 2.37. The van der Waals surface area contributed by atoms with Crippen LogP contribution in [-0.2, 0) is 11.2 Å². The summed E-state index contributed by atoms with van der Waals surface area (Å²) in [7, 11) is 0. The normalized spacial score (nSPS) is 23.1. The van der Waals surface area contributed by atoms with E-state index >= 15 is 0 Å². The first kappa shape index (κ1) is 14.1. The molecule has 5 nitrogen and oxygen atoms in total. The molecule has 23 heavy (non-hydrogen) atoms. The number of carboxylic acids is 1. The van der Waals surface area contributed by atoms with Crippen LogP contribution in [0, 0.1) is 5.92 Å². The van der Waals surface area contributed by atoms with Gasteiger partial charge in [0.25, 0.3) is 0 Å². The molecule has 5 heteroatoms. The Morgan fingerprint density at radius 2 is 1.96 bits per heavy atom. The minimum atomic E-state index is -0.711. The van der Waals surface area contributed by atoms with Crippen LogP contribution in [0.2, 0.25) is 0 Å². The summed E-state index contributed by atoms with van der Waals surface area (Å²) in [6, 6.07) is 14.0. The van der Waals surface area contributed by atoms with E-state index in [9.17, 15) is 9.90 Å². The molecule has 118 valence electrons. The highest BCUT2D eigenvalue weighted by molar-refractivity contribution is 5.75. The fraction of sp³-hybridized carbons (Fsp3) is 0.333. The zero-order valence-corrected chi connectivity index (χ0v) is 12.8. The first-order valence-electron chi connectivity index (χ1n) is 7.97. The minimum absolute atomic E-state index is 0.0156. The number of pyridine rings is 1. The summed E-state index contributed by atoms with van der Waals surface area (Å²) in [5, 5.41) is 9.70. The smallest absolute Gasteiger partial charge is 0.309 e. The predicted octanol–water partition coefficient (Wildman–Crippen LogP) is 2.03. The third-order valence-electron chi connectivity index (χ3n) is 4.91. The molecule has 0 saturated carbocycles. The Kier molecular flexibility index (Phi) is 3.41. The van der Waals surface area contributed by atoms with Crippen LogP contribution in [0.5, 0.6) is 0 Å². The van der Waals surface area contributed by atoms with Crippen molar-refractivity contribution >= 4 is 17.5 Å².